The number of carbonyl (C=O) groups excluding carboxylic acids is 1. The highest BCUT2D eigenvalue weighted by Crippen LogP contribution is 2.33. The summed E-state index contributed by atoms with van der Waals surface area (Å²) in [5.41, 5.74) is 3.08. The molecule has 0 bridgehead atoms. The molecule has 4 rings (SSSR count). The molecule has 0 radical (unpaired) electrons. The Morgan fingerprint density at radius 3 is 2.63 bits per heavy atom. The normalized spacial score (nSPS) is 15.6. The quantitative estimate of drug-likeness (QED) is 0.526. The Labute approximate surface area is 156 Å². The van der Waals surface area contributed by atoms with Crippen LogP contribution in [0.25, 0.3) is 0 Å². The standard InChI is InChI=1S/C20H18N4O3/c1-14-11-16-9-5-6-10-17(16)23(14)20(25)18-12-19(24(26)27)21-22(18)13-15-7-3-2-4-8-15/h2-10,12,14H,11,13H2,1H3/t14-/m0/s1. The van der Waals surface area contributed by atoms with E-state index in [1.165, 1.54) is 10.7 Å². The fourth-order valence-electron chi connectivity index (χ4n) is 3.54. The Bertz CT molecular complexity index is 1010. The summed E-state index contributed by atoms with van der Waals surface area (Å²) < 4.78 is 1.42. The maximum atomic E-state index is 13.3. The summed E-state index contributed by atoms with van der Waals surface area (Å²) in [5, 5.41) is 15.3. The third-order valence-corrected chi connectivity index (χ3v) is 4.77. The zero-order valence-corrected chi connectivity index (χ0v) is 14.8. The SMILES string of the molecule is C[C@H]1Cc2ccccc2N1C(=O)c1cc([N+](=O)[O-])nn1Cc1ccccc1. The van der Waals surface area contributed by atoms with Crippen LogP contribution in [0, 0.1) is 10.1 Å². The molecule has 0 fully saturated rings. The molecule has 7 nitrogen and oxygen atoms in total. The number of fused-ring (bicyclic) bond motifs is 1. The van der Waals surface area contributed by atoms with Crippen LogP contribution in [-0.4, -0.2) is 26.7 Å². The monoisotopic (exact) mass is 362 g/mol. The molecule has 0 aliphatic carbocycles. The minimum absolute atomic E-state index is 0.0194. The number of carbonyl (C=O) groups is 1. The maximum Gasteiger partial charge on any atom is 0.390 e. The Kier molecular flexibility index (Phi) is 4.19. The van der Waals surface area contributed by atoms with Gasteiger partial charge in [-0.15, -0.1) is 0 Å². The van der Waals surface area contributed by atoms with Crippen LogP contribution in [0.5, 0.6) is 0 Å². The van der Waals surface area contributed by atoms with E-state index in [9.17, 15) is 14.9 Å². The number of amides is 1. The molecule has 0 N–H and O–H groups in total. The predicted octanol–water partition coefficient (Wildman–Crippen LogP) is 3.43. The van der Waals surface area contributed by atoms with Crippen molar-refractivity contribution in [1.82, 2.24) is 9.78 Å². The first-order chi connectivity index (χ1) is 13.0. The lowest BCUT2D eigenvalue weighted by molar-refractivity contribution is -0.389. The van der Waals surface area contributed by atoms with Crippen LogP contribution in [-0.2, 0) is 13.0 Å². The molecular formula is C20H18N4O3. The first-order valence-electron chi connectivity index (χ1n) is 8.72. The van der Waals surface area contributed by atoms with Crippen molar-refractivity contribution in [1.29, 1.82) is 0 Å². The number of anilines is 1. The van der Waals surface area contributed by atoms with Crippen molar-refractivity contribution in [3.8, 4) is 0 Å². The van der Waals surface area contributed by atoms with E-state index in [0.29, 0.717) is 6.54 Å². The molecule has 27 heavy (non-hydrogen) atoms. The summed E-state index contributed by atoms with van der Waals surface area (Å²) in [6.07, 6.45) is 0.761. The van der Waals surface area contributed by atoms with Crippen LogP contribution >= 0.6 is 0 Å². The molecule has 2 heterocycles. The third kappa shape index (κ3) is 3.08. The van der Waals surface area contributed by atoms with Crippen LogP contribution < -0.4 is 4.90 Å². The highest BCUT2D eigenvalue weighted by Gasteiger charge is 2.35. The van der Waals surface area contributed by atoms with Crippen molar-refractivity contribution in [3.05, 3.63) is 87.6 Å². The maximum absolute atomic E-state index is 13.3. The van der Waals surface area contributed by atoms with Gasteiger partial charge in [-0.1, -0.05) is 48.5 Å². The van der Waals surface area contributed by atoms with Gasteiger partial charge in [-0.3, -0.25) is 4.79 Å². The summed E-state index contributed by atoms with van der Waals surface area (Å²) in [6, 6.07) is 18.4. The minimum atomic E-state index is -0.570. The van der Waals surface area contributed by atoms with Gasteiger partial charge in [0, 0.05) is 11.7 Å². The van der Waals surface area contributed by atoms with Gasteiger partial charge in [0.1, 0.15) is 0 Å². The average Bonchev–Trinajstić information content (AvgIpc) is 3.22. The van der Waals surface area contributed by atoms with Crippen LogP contribution in [0.2, 0.25) is 0 Å². The zero-order valence-electron chi connectivity index (χ0n) is 14.8. The fourth-order valence-corrected chi connectivity index (χ4v) is 3.54. The average molecular weight is 362 g/mol. The largest absolute Gasteiger partial charge is 0.390 e. The molecule has 7 heteroatoms. The van der Waals surface area contributed by atoms with E-state index < -0.39 is 4.92 Å². The van der Waals surface area contributed by atoms with Crippen molar-refractivity contribution < 1.29 is 9.72 Å². The molecule has 0 spiro atoms. The van der Waals surface area contributed by atoms with Crippen molar-refractivity contribution >= 4 is 17.4 Å². The van der Waals surface area contributed by atoms with Crippen LogP contribution in [0.1, 0.15) is 28.5 Å². The molecule has 0 unspecified atom stereocenters. The van der Waals surface area contributed by atoms with E-state index in [2.05, 4.69) is 5.10 Å². The lowest BCUT2D eigenvalue weighted by atomic mass is 10.1. The molecule has 3 aromatic rings. The van der Waals surface area contributed by atoms with E-state index in [1.54, 1.807) is 4.90 Å². The first-order valence-corrected chi connectivity index (χ1v) is 8.72. The number of rotatable bonds is 4. The van der Waals surface area contributed by atoms with Crippen LogP contribution in [0.4, 0.5) is 11.5 Å². The summed E-state index contributed by atoms with van der Waals surface area (Å²) >= 11 is 0. The van der Waals surface area contributed by atoms with Crippen molar-refractivity contribution in [2.24, 2.45) is 0 Å². The van der Waals surface area contributed by atoms with Gasteiger partial charge in [0.2, 0.25) is 0 Å². The second-order valence-electron chi connectivity index (χ2n) is 6.65. The topological polar surface area (TPSA) is 81.3 Å². The lowest BCUT2D eigenvalue weighted by Crippen LogP contribution is -2.37. The van der Waals surface area contributed by atoms with Gasteiger partial charge >= 0.3 is 5.82 Å². The van der Waals surface area contributed by atoms with Gasteiger partial charge in [0.15, 0.2) is 5.69 Å². The second kappa shape index (κ2) is 6.68. The number of hydrogen-bond donors (Lipinski definition) is 0. The molecule has 1 aliphatic heterocycles. The zero-order chi connectivity index (χ0) is 19.0. The second-order valence-corrected chi connectivity index (χ2v) is 6.65. The Morgan fingerprint density at radius 2 is 1.89 bits per heavy atom. The number of benzene rings is 2. The minimum Gasteiger partial charge on any atom is -0.358 e. The van der Waals surface area contributed by atoms with Crippen LogP contribution in [0.15, 0.2) is 60.7 Å². The number of aromatic nitrogens is 2. The molecule has 1 aliphatic rings. The number of nitrogens with zero attached hydrogens (tertiary/aromatic N) is 4. The van der Waals surface area contributed by atoms with Gasteiger partial charge in [0.25, 0.3) is 5.91 Å². The smallest absolute Gasteiger partial charge is 0.358 e. The summed E-state index contributed by atoms with van der Waals surface area (Å²) in [7, 11) is 0. The Hall–Kier alpha value is -3.48. The number of para-hydroxylation sites is 1. The fraction of sp³-hybridized carbons (Fsp3) is 0.200. The molecular weight excluding hydrogens is 344 g/mol. The molecule has 1 aromatic heterocycles. The van der Waals surface area contributed by atoms with E-state index in [-0.39, 0.29) is 23.5 Å². The molecule has 1 atom stereocenters. The lowest BCUT2D eigenvalue weighted by Gasteiger charge is -2.22. The van der Waals surface area contributed by atoms with E-state index in [4.69, 9.17) is 0 Å². The van der Waals surface area contributed by atoms with Crippen molar-refractivity contribution in [3.63, 3.8) is 0 Å². The van der Waals surface area contributed by atoms with Gasteiger partial charge in [0.05, 0.1) is 17.7 Å². The van der Waals surface area contributed by atoms with E-state index in [1.807, 2.05) is 61.5 Å². The molecule has 1 amide bonds. The van der Waals surface area contributed by atoms with Gasteiger partial charge < -0.3 is 15.0 Å². The predicted molar refractivity (Wildman–Crippen MR) is 101 cm³/mol. The Balaban J connectivity index is 1.74. The number of nitro groups is 1. The van der Waals surface area contributed by atoms with Gasteiger partial charge in [-0.2, -0.15) is 4.68 Å². The summed E-state index contributed by atoms with van der Waals surface area (Å²) in [4.78, 5) is 25.7. The van der Waals surface area contributed by atoms with E-state index in [0.717, 1.165) is 23.2 Å². The highest BCUT2D eigenvalue weighted by molar-refractivity contribution is 6.07. The van der Waals surface area contributed by atoms with Crippen molar-refractivity contribution in [2.45, 2.75) is 25.9 Å². The summed E-state index contributed by atoms with van der Waals surface area (Å²) in [6.45, 7) is 2.27. The first kappa shape index (κ1) is 17.0. The number of hydrogen-bond acceptors (Lipinski definition) is 4. The molecule has 0 saturated heterocycles. The van der Waals surface area contributed by atoms with E-state index >= 15 is 0 Å². The van der Waals surface area contributed by atoms with Crippen molar-refractivity contribution in [2.75, 3.05) is 4.90 Å². The molecule has 136 valence electrons. The molecule has 2 aromatic carbocycles. The third-order valence-electron chi connectivity index (χ3n) is 4.77. The Morgan fingerprint density at radius 1 is 1.19 bits per heavy atom. The van der Waals surface area contributed by atoms with Crippen LogP contribution in [0.3, 0.4) is 0 Å². The summed E-state index contributed by atoms with van der Waals surface area (Å²) in [5.74, 6) is -0.599. The van der Waals surface area contributed by atoms with Gasteiger partial charge in [-0.05, 0) is 35.5 Å². The highest BCUT2D eigenvalue weighted by atomic mass is 16.6. The van der Waals surface area contributed by atoms with Gasteiger partial charge in [-0.25, -0.2) is 0 Å². The molecule has 0 saturated carbocycles.